The first-order valence-corrected chi connectivity index (χ1v) is 30.1. The van der Waals surface area contributed by atoms with Crippen LogP contribution in [0.5, 0.6) is 11.5 Å². The van der Waals surface area contributed by atoms with Crippen LogP contribution in [0.3, 0.4) is 0 Å². The molecule has 29 nitrogen and oxygen atoms in total. The number of hydrogen-bond donors (Lipinski definition) is 4. The number of aromatic nitrogens is 8. The number of alkyl halides is 3. The molecule has 12 rings (SSSR count). The van der Waals surface area contributed by atoms with Crippen molar-refractivity contribution in [1.29, 1.82) is 0 Å². The fraction of sp³-hybridized carbons (Fsp3) is 0.361. The Labute approximate surface area is 530 Å². The molecule has 1 unspecified atom stereocenters. The number of carbonyl (C=O) groups excluding carboxylic acids is 2. The lowest BCUT2D eigenvalue weighted by atomic mass is 9.79. The van der Waals surface area contributed by atoms with E-state index in [2.05, 4.69) is 25.3 Å². The fourth-order valence-corrected chi connectivity index (χ4v) is 13.1. The molecule has 0 spiro atoms. The van der Waals surface area contributed by atoms with Gasteiger partial charge < -0.3 is 71.6 Å². The number of aromatic amines is 2. The summed E-state index contributed by atoms with van der Waals surface area (Å²) in [5.74, 6) is -1.89. The number of hydrogen-bond acceptors (Lipinski definition) is 22. The first-order valence-electron chi connectivity index (χ1n) is 29.0. The molecule has 8 heterocycles. The van der Waals surface area contributed by atoms with Crippen LogP contribution in [0.1, 0.15) is 45.7 Å². The molecule has 33 heteroatoms. The lowest BCUT2D eigenvalue weighted by Crippen LogP contribution is -2.52. The molecule has 2 amide bonds. The van der Waals surface area contributed by atoms with Crippen molar-refractivity contribution in [1.82, 2.24) is 43.9 Å². The Morgan fingerprint density at radius 3 is 1.77 bits per heavy atom. The number of fused-ring (bicyclic) bond motifs is 2. The second-order valence-electron chi connectivity index (χ2n) is 21.6. The van der Waals surface area contributed by atoms with Crippen molar-refractivity contribution in [2.45, 2.75) is 85.3 Å². The number of halogens is 3. The highest BCUT2D eigenvalue weighted by Crippen LogP contribution is 2.54. The van der Waals surface area contributed by atoms with Gasteiger partial charge in [0.15, 0.2) is 35.7 Å². The normalized spacial score (nSPS) is 24.7. The lowest BCUT2D eigenvalue weighted by Gasteiger charge is -2.40. The van der Waals surface area contributed by atoms with Gasteiger partial charge >= 0.3 is 32.1 Å². The number of ether oxygens (including phenoxy) is 10. The molecule has 494 valence electrons. The van der Waals surface area contributed by atoms with Crippen molar-refractivity contribution in [3.8, 4) is 11.5 Å². The molecule has 4 fully saturated rings. The number of methoxy groups -OCH3 is 4. The fourth-order valence-electron chi connectivity index (χ4n) is 11.7. The molecule has 13 atom stereocenters. The first-order chi connectivity index (χ1) is 45.5. The molecule has 4 aromatic carbocycles. The number of carbonyl (C=O) groups is 2. The molecule has 8 aromatic rings. The summed E-state index contributed by atoms with van der Waals surface area (Å²) in [4.78, 5) is 97.1. The molecule has 0 aliphatic carbocycles. The second kappa shape index (κ2) is 28.0. The summed E-state index contributed by atoms with van der Waals surface area (Å²) in [6.45, 7) is -1.55. The number of benzene rings is 4. The molecule has 4 saturated heterocycles. The average molecular weight is 1330 g/mol. The topological polar surface area (TPSA) is 332 Å². The van der Waals surface area contributed by atoms with E-state index in [1.165, 1.54) is 41.1 Å². The minimum atomic E-state index is -5.53. The summed E-state index contributed by atoms with van der Waals surface area (Å²) in [7, 11) is 2.40. The summed E-state index contributed by atoms with van der Waals surface area (Å²) in [6.07, 6.45) is -16.0. The molecular formula is C61H60F3N10O19P. The van der Waals surface area contributed by atoms with Crippen LogP contribution in [0, 0.1) is 0 Å². The highest BCUT2D eigenvalue weighted by atomic mass is 31.2. The Morgan fingerprint density at radius 2 is 1.17 bits per heavy atom. The van der Waals surface area contributed by atoms with Gasteiger partial charge in [-0.2, -0.15) is 13.2 Å². The van der Waals surface area contributed by atoms with Gasteiger partial charge in [0.05, 0.1) is 40.4 Å². The first kappa shape index (κ1) is 65.2. The van der Waals surface area contributed by atoms with Gasteiger partial charge in [-0.1, -0.05) is 72.8 Å². The van der Waals surface area contributed by atoms with Crippen molar-refractivity contribution < 1.29 is 83.7 Å². The van der Waals surface area contributed by atoms with E-state index in [1.807, 2.05) is 22.4 Å². The van der Waals surface area contributed by atoms with Gasteiger partial charge in [0.2, 0.25) is 0 Å². The van der Waals surface area contributed by atoms with Gasteiger partial charge in [-0.25, -0.2) is 24.5 Å². The van der Waals surface area contributed by atoms with Crippen LogP contribution in [0.25, 0.3) is 11.2 Å². The zero-order chi connectivity index (χ0) is 65.8. The molecule has 4 aliphatic rings. The number of H-pyrrole nitrogens is 2. The molecule has 4 aromatic heterocycles. The molecule has 4 aliphatic heterocycles. The largest absolute Gasteiger partial charge is 0.497 e. The summed E-state index contributed by atoms with van der Waals surface area (Å²) in [6, 6.07) is 31.5. The van der Waals surface area contributed by atoms with Crippen molar-refractivity contribution in [2.75, 3.05) is 60.4 Å². The lowest BCUT2D eigenvalue weighted by molar-refractivity contribution is -0.175. The molecule has 94 heavy (non-hydrogen) atoms. The Kier molecular flexibility index (Phi) is 19.4. The highest BCUT2D eigenvalue weighted by molar-refractivity contribution is 7.41. The average Bonchev–Trinajstić information content (AvgIpc) is 1.23. The third-order valence-corrected chi connectivity index (χ3v) is 17.2. The molecule has 0 bridgehead atoms. The van der Waals surface area contributed by atoms with E-state index in [9.17, 15) is 41.9 Å². The molecule has 0 radical (unpaired) electrons. The predicted octanol–water partition coefficient (Wildman–Crippen LogP) is 4.36. The molecule has 0 saturated carbocycles. The van der Waals surface area contributed by atoms with Crippen LogP contribution >= 0.6 is 8.60 Å². The maximum absolute atomic E-state index is 14.6. The van der Waals surface area contributed by atoms with E-state index in [0.717, 1.165) is 33.7 Å². The van der Waals surface area contributed by atoms with Crippen LogP contribution in [-0.4, -0.2) is 167 Å². The van der Waals surface area contributed by atoms with Crippen molar-refractivity contribution in [2.24, 2.45) is 0 Å². The molecular weight excluding hydrogens is 1260 g/mol. The minimum Gasteiger partial charge on any atom is -0.497 e. The Balaban J connectivity index is 0.982. The third kappa shape index (κ3) is 13.2. The van der Waals surface area contributed by atoms with E-state index < -0.39 is 141 Å². The minimum absolute atomic E-state index is 0.0815. The summed E-state index contributed by atoms with van der Waals surface area (Å²) >= 11 is 0. The van der Waals surface area contributed by atoms with Gasteiger partial charge in [-0.05, 0) is 53.1 Å². The van der Waals surface area contributed by atoms with Crippen LogP contribution in [0.4, 0.5) is 19.0 Å². The van der Waals surface area contributed by atoms with Gasteiger partial charge in [-0.15, -0.1) is 0 Å². The zero-order valence-electron chi connectivity index (χ0n) is 50.1. The van der Waals surface area contributed by atoms with Crippen LogP contribution in [0.15, 0.2) is 166 Å². The number of rotatable bonds is 24. The van der Waals surface area contributed by atoms with E-state index in [0.29, 0.717) is 33.8 Å². The van der Waals surface area contributed by atoms with Crippen molar-refractivity contribution in [3.05, 3.63) is 210 Å². The standard InChI is InChI=1S/C61H60F3N10O19P/c1-81-27-39-46(44(70-57(78)61(62,63)64)54(88-39)72-25-23-42(75)68-58(72)79)92-94(87-29-41-47-49(86-32-85-47)55(90-41)74-31-67-45-51(65-30-66-52(45)74)71-53(77)33-11-7-5-8-12-33)93-50-48(40(28-82-2)89-56(50)73-26-24-43(76)69-59(73)80)91-60(34-13-9-6-10-14-34,35-15-19-37(83-3)20-16-35)36-17-21-38(84-4)22-18-36/h5-26,30-31,39-41,44,46-50,54-56H,27-29,32H2,1-4H3,(H,70,78)(H,68,75,79)(H,69,76,80)(H,65,66,71,77)/t39-,40-,41-,44-,46-,47-,48-,49-,50-,54-,55-,56-,94?/m1/s1. The van der Waals surface area contributed by atoms with E-state index in [4.69, 9.17) is 60.9 Å². The van der Waals surface area contributed by atoms with Gasteiger partial charge in [0.25, 0.3) is 17.0 Å². The smallest absolute Gasteiger partial charge is 0.471 e. The Hall–Kier alpha value is -8.89. The summed E-state index contributed by atoms with van der Waals surface area (Å²) in [5.41, 5.74) is -3.14. The predicted molar refractivity (Wildman–Crippen MR) is 320 cm³/mol. The number of imidazole rings is 1. The Morgan fingerprint density at radius 1 is 0.617 bits per heavy atom. The van der Waals surface area contributed by atoms with Crippen LogP contribution in [-0.2, 0) is 61.9 Å². The van der Waals surface area contributed by atoms with Gasteiger partial charge in [0, 0.05) is 44.3 Å². The second-order valence-corrected chi connectivity index (χ2v) is 22.8. The van der Waals surface area contributed by atoms with Gasteiger partial charge in [-0.3, -0.25) is 42.8 Å². The van der Waals surface area contributed by atoms with Crippen LogP contribution < -0.4 is 42.6 Å². The third-order valence-electron chi connectivity index (χ3n) is 16.0. The Bertz CT molecular complexity index is 4160. The maximum Gasteiger partial charge on any atom is 0.471 e. The number of nitrogens with one attached hydrogen (secondary N) is 4. The number of nitrogens with zero attached hydrogens (tertiary/aromatic N) is 6. The van der Waals surface area contributed by atoms with E-state index in [-0.39, 0.29) is 30.4 Å². The monoisotopic (exact) mass is 1320 g/mol. The SMILES string of the molecule is COC[C@H]1O[C@@H](n2ccc(=O)[nH]c2=O)[C@H](NC(=O)C(F)(F)F)[C@@H]1OP(OC[C@H]1O[C@@H](n2cnc3c(NC(=O)c4ccccc4)ncnc32)[C@@H]2OCO[C@@H]21)O[C@@H]1[C@H](OC(c2ccccc2)(c2ccc(OC)cc2)c2ccc(OC)cc2)[C@@H](COC)O[C@H]1n1ccc(=O)[nH]c1=O. The zero-order valence-corrected chi connectivity index (χ0v) is 51.0. The van der Waals surface area contributed by atoms with E-state index >= 15 is 0 Å². The van der Waals surface area contributed by atoms with Crippen molar-refractivity contribution in [3.63, 3.8) is 0 Å². The summed E-state index contributed by atoms with van der Waals surface area (Å²) < 4.78 is 130. The number of anilines is 1. The van der Waals surface area contributed by atoms with Gasteiger partial charge in [0.1, 0.15) is 85.1 Å². The molecule has 4 N–H and O–H groups in total. The highest BCUT2D eigenvalue weighted by Gasteiger charge is 2.58. The van der Waals surface area contributed by atoms with E-state index in [1.54, 1.807) is 102 Å². The maximum atomic E-state index is 14.6. The summed E-state index contributed by atoms with van der Waals surface area (Å²) in [5, 5.41) is 4.70. The number of amides is 2. The quantitative estimate of drug-likeness (QED) is 0.0482. The van der Waals surface area contributed by atoms with Crippen molar-refractivity contribution >= 4 is 37.4 Å². The van der Waals surface area contributed by atoms with Crippen LogP contribution in [0.2, 0.25) is 0 Å².